The van der Waals surface area contributed by atoms with Crippen molar-refractivity contribution in [1.82, 2.24) is 58.5 Å². The molecule has 15 bridgehead atoms. The number of aliphatic hydroxyl groups is 6. The van der Waals surface area contributed by atoms with E-state index in [-0.39, 0.29) is 95.4 Å². The Labute approximate surface area is 761 Å². The van der Waals surface area contributed by atoms with E-state index in [1.54, 1.807) is 0 Å². The Kier molecular flexibility index (Phi) is 29.6. The number of methoxy groups -OCH3 is 1. The molecule has 4 saturated carbocycles. The lowest BCUT2D eigenvalue weighted by Gasteiger charge is -2.54. The summed E-state index contributed by atoms with van der Waals surface area (Å²) in [5.41, 5.74) is 2.62. The minimum absolute atomic E-state index is 0.0154. The number of aromatic hydroxyl groups is 3. The summed E-state index contributed by atoms with van der Waals surface area (Å²) in [5.74, 6) is -14.1. The van der Waals surface area contributed by atoms with Gasteiger partial charge in [0.2, 0.25) is 65.2 Å². The summed E-state index contributed by atoms with van der Waals surface area (Å²) in [4.78, 5) is 152. The Bertz CT molecular complexity index is 5320. The molecule has 6 aromatic rings. The summed E-state index contributed by atoms with van der Waals surface area (Å²) in [5, 5.41) is 140. The number of benzene rings is 6. The first-order valence-electron chi connectivity index (χ1n) is 43.3. The lowest BCUT2D eigenvalue weighted by Crippen LogP contribution is -2.64. The fraction of sp³-hybridized carbons (Fsp3) is 0.489. The zero-order valence-electron chi connectivity index (χ0n) is 72.5. The van der Waals surface area contributed by atoms with E-state index in [0.717, 1.165) is 80.6 Å². The highest BCUT2D eigenvalue weighted by Gasteiger charge is 2.54. The molecule has 6 aromatic carbocycles. The van der Waals surface area contributed by atoms with Crippen molar-refractivity contribution in [1.29, 1.82) is 0 Å². The highest BCUT2D eigenvalue weighted by Crippen LogP contribution is 2.55. The van der Waals surface area contributed by atoms with Crippen molar-refractivity contribution in [2.75, 3.05) is 39.2 Å². The van der Waals surface area contributed by atoms with Gasteiger partial charge in [0.05, 0.1) is 54.0 Å². The molecule has 41 heteroatoms. The molecule has 7 aliphatic heterocycles. The van der Waals surface area contributed by atoms with E-state index in [1.165, 1.54) is 83.5 Å². The number of ether oxygens (including phenoxy) is 7. The second-order valence-corrected chi connectivity index (χ2v) is 36.2. The molecule has 2 saturated heterocycles. The predicted octanol–water partition coefficient (Wildman–Crippen LogP) is 3.45. The molecule has 17 rings (SSSR count). The largest absolute Gasteiger partial charge is 0.507 e. The lowest BCUT2D eigenvalue weighted by molar-refractivity contribution is -0.333. The summed E-state index contributed by atoms with van der Waals surface area (Å²) in [7, 11) is 2.87. The van der Waals surface area contributed by atoms with Gasteiger partial charge < -0.3 is 143 Å². The number of hydrogen-bond acceptors (Lipinski definition) is 29. The summed E-state index contributed by atoms with van der Waals surface area (Å²) in [6.45, 7) is 7.07. The molecule has 0 spiro atoms. The summed E-state index contributed by atoms with van der Waals surface area (Å²) in [6, 6.07) is 3.24. The molecular formula is C90H109Cl2N13O26. The second kappa shape index (κ2) is 40.4. The fourth-order valence-corrected chi connectivity index (χ4v) is 19.3. The van der Waals surface area contributed by atoms with Crippen LogP contribution in [0, 0.1) is 29.6 Å². The van der Waals surface area contributed by atoms with E-state index < -0.39 is 249 Å². The summed E-state index contributed by atoms with van der Waals surface area (Å²) >= 11 is 14.6. The zero-order chi connectivity index (χ0) is 94.0. The second-order valence-electron chi connectivity index (χ2n) is 35.4. The van der Waals surface area contributed by atoms with E-state index >= 15 is 28.8 Å². The van der Waals surface area contributed by atoms with Gasteiger partial charge in [0.25, 0.3) is 0 Å². The quantitative estimate of drug-likeness (QED) is 0.0433. The highest BCUT2D eigenvalue weighted by molar-refractivity contribution is 6.32. The van der Waals surface area contributed by atoms with Crippen LogP contribution in [-0.4, -0.2) is 224 Å². The van der Waals surface area contributed by atoms with Gasteiger partial charge in [0.1, 0.15) is 101 Å². The van der Waals surface area contributed by atoms with E-state index in [9.17, 15) is 65.1 Å². The molecule has 0 radical (unpaired) electrons. The SMILES string of the molecule is CN[C@H](CC(C)C)C(=O)N[C@H]1C(=O)N[C@@H](CC(=O)NC(=O)Nc2ccc(OC)cc2)C(=O)N[C@H]2C(=O)N[C@H]3C(=O)N[C@H](C(=O)N[C@H](C(=O)NC4C5CC6CC(C5)CC4C6)c4cc(O)c(CNCCCNC(C)=O)c(O)c4-c4cc3ccc4O)[C@H](O)c3ccc(c(Cl)c3)Oc3cc2cc(c3O[C@@H]2O[C@H](CO)[C@@H](O)[C@H](O)[C@H]2O[C@H]2C[C@](C)(N)[C@H](O)[C@H](C)O2)Oc2ccc(cc2Cl)[C@H]1O. The molecule has 11 amide bonds. The summed E-state index contributed by atoms with van der Waals surface area (Å²) < 4.78 is 44.4. The number of phenolic OH excluding ortho intramolecular Hbond substituents is 3. The Hall–Kier alpha value is -11.3. The normalized spacial score (nSPS) is 29.4. The number of hydrogen-bond donors (Lipinski definition) is 22. The molecule has 6 fully saturated rings. The zero-order valence-corrected chi connectivity index (χ0v) is 74.0. The monoisotopic (exact) mass is 1860 g/mol. The fourth-order valence-electron chi connectivity index (χ4n) is 18.8. The van der Waals surface area contributed by atoms with E-state index in [2.05, 4.69) is 63.8 Å². The number of anilines is 1. The van der Waals surface area contributed by atoms with E-state index in [1.807, 2.05) is 13.8 Å². The van der Waals surface area contributed by atoms with Crippen LogP contribution < -0.4 is 88.5 Å². The smallest absolute Gasteiger partial charge is 0.325 e. The van der Waals surface area contributed by atoms with Gasteiger partial charge in [-0.1, -0.05) is 55.2 Å². The van der Waals surface area contributed by atoms with Gasteiger partial charge in [-0.05, 0) is 209 Å². The van der Waals surface area contributed by atoms with Crippen LogP contribution >= 0.6 is 23.2 Å². The van der Waals surface area contributed by atoms with E-state index in [0.29, 0.717) is 24.0 Å². The maximum Gasteiger partial charge on any atom is 0.325 e. The molecule has 39 nitrogen and oxygen atoms in total. The first kappa shape index (κ1) is 95.8. The third kappa shape index (κ3) is 21.3. The van der Waals surface area contributed by atoms with Crippen molar-refractivity contribution in [2.45, 2.75) is 214 Å². The average molecular weight is 1860 g/mol. The average Bonchev–Trinajstić information content (AvgIpc) is 0.748. The van der Waals surface area contributed by atoms with Gasteiger partial charge in [-0.25, -0.2) is 4.79 Å². The van der Waals surface area contributed by atoms with Crippen LogP contribution in [0.4, 0.5) is 10.5 Å². The minimum Gasteiger partial charge on any atom is -0.507 e. The molecule has 704 valence electrons. The lowest BCUT2D eigenvalue weighted by atomic mass is 9.54. The minimum atomic E-state index is -2.46. The highest BCUT2D eigenvalue weighted by atomic mass is 35.5. The van der Waals surface area contributed by atoms with E-state index in [4.69, 9.17) is 62.1 Å². The van der Waals surface area contributed by atoms with Crippen LogP contribution in [0.2, 0.25) is 10.0 Å². The topological polar surface area (TPSA) is 588 Å². The van der Waals surface area contributed by atoms with Crippen LogP contribution in [0.15, 0.2) is 97.1 Å². The number of amides is 11. The van der Waals surface area contributed by atoms with Gasteiger partial charge in [-0.3, -0.25) is 48.5 Å². The third-order valence-corrected chi connectivity index (χ3v) is 26.0. The molecule has 131 heavy (non-hydrogen) atoms. The molecular weight excluding hydrogens is 1750 g/mol. The number of rotatable bonds is 22. The number of imide groups is 1. The standard InChI is InChI=1S/C90H109Cl2N13O26/c1-37(2)21-55(94-6)81(117)104-71-73(111)43-10-17-59(53(91)28-43)127-61-30-47-31-62(78(61)131-88-79(77(115)76(114)63(36-106)129-88)130-65-34-90(5,93)80(116)38(3)126-65)128-60-18-11-44(29-54(60)92)74(112)72-87(123)103-70(85(121)100-67-45-23-40-22-41(25-45)26-46(67)24-40)51-32-58(109)52(35-95-19-8-20-96-39(4)107)75(113)66(51)50-27-42(9-16-57(50)108)68(83(119)105-72)102-84(120)69(47)101-82(118)56(98-86(71)122)33-64(110)99-89(124)97-48-12-14-49(125-7)15-13-48/h9-18,27-32,37-38,40-41,45-46,55-56,63,65,67-74,76-77,79-80,88,94-95,106,108-109,111-116H,8,19-26,33-36,93H2,1-7H3,(H,96,107)(H,98,122)(H,100,121)(H,101,118)(H,102,120)(H,103,123)(H,104,117)(H,105,119)(H2,97,99,110,124)/t38-,40?,41?,45?,46?,55+,56-,63+,65-,67?,68+,69+,70-,71+,72-,73+,74+,76+,77-,79+,80+,88-,90-/m0/s1. The number of urea groups is 1. The van der Waals surface area contributed by atoms with Crippen molar-refractivity contribution in [2.24, 2.45) is 35.3 Å². The Morgan fingerprint density at radius 3 is 1.92 bits per heavy atom. The van der Waals surface area contributed by atoms with Crippen LogP contribution in [0.3, 0.4) is 0 Å². The Morgan fingerprint density at radius 1 is 0.679 bits per heavy atom. The number of carbonyl (C=O) groups excluding carboxylic acids is 10. The molecule has 11 aliphatic rings. The maximum absolute atomic E-state index is 16.8. The molecule has 0 aromatic heterocycles. The van der Waals surface area contributed by atoms with Crippen molar-refractivity contribution in [3.63, 3.8) is 0 Å². The number of halogens is 2. The Balaban J connectivity index is 0.976. The van der Waals surface area contributed by atoms with Crippen molar-refractivity contribution >= 4 is 88.1 Å². The van der Waals surface area contributed by atoms with Gasteiger partial charge in [-0.15, -0.1) is 0 Å². The number of nitrogens with two attached hydrogens (primary N) is 1. The third-order valence-electron chi connectivity index (χ3n) is 25.4. The number of fused-ring (bicyclic) bond motifs is 15. The number of nitrogens with one attached hydrogen (secondary N) is 12. The number of aliphatic hydroxyl groups excluding tert-OH is 6. The molecule has 4 aliphatic carbocycles. The maximum atomic E-state index is 16.8. The van der Waals surface area contributed by atoms with Crippen molar-refractivity contribution < 1.29 is 127 Å². The van der Waals surface area contributed by atoms with Crippen molar-refractivity contribution in [3.05, 3.63) is 140 Å². The van der Waals surface area contributed by atoms with Gasteiger partial charge >= 0.3 is 6.03 Å². The van der Waals surface area contributed by atoms with Crippen LogP contribution in [0.5, 0.6) is 51.7 Å². The molecule has 0 unspecified atom stereocenters. The number of carbonyl (C=O) groups is 10. The summed E-state index contributed by atoms with van der Waals surface area (Å²) in [6.07, 6.45) is -14.6. The van der Waals surface area contributed by atoms with Gasteiger partial charge in [-0.2, -0.15) is 0 Å². The van der Waals surface area contributed by atoms with Gasteiger partial charge in [0.15, 0.2) is 23.9 Å². The van der Waals surface area contributed by atoms with Crippen molar-refractivity contribution in [3.8, 4) is 62.9 Å². The van der Waals surface area contributed by atoms with Crippen LogP contribution in [0.25, 0.3) is 11.1 Å². The van der Waals surface area contributed by atoms with Crippen LogP contribution in [0.1, 0.15) is 156 Å². The molecule has 7 heterocycles. The first-order valence-corrected chi connectivity index (χ1v) is 44.1. The predicted molar refractivity (Wildman–Crippen MR) is 467 cm³/mol. The molecule has 18 atom stereocenters. The first-order chi connectivity index (χ1) is 62.3. The number of likely N-dealkylation sites (N-methyl/N-ethyl adjacent to an activating group) is 1. The molecule has 23 N–H and O–H groups in total. The van der Waals surface area contributed by atoms with Crippen LogP contribution in [-0.2, 0) is 63.9 Å². The number of phenols is 3. The van der Waals surface area contributed by atoms with Gasteiger partial charge in [0, 0.05) is 54.8 Å². The Morgan fingerprint density at radius 2 is 1.31 bits per heavy atom.